The van der Waals surface area contributed by atoms with Gasteiger partial charge in [0.1, 0.15) is 0 Å². The highest BCUT2D eigenvalue weighted by Crippen LogP contribution is 2.63. The van der Waals surface area contributed by atoms with Gasteiger partial charge in [-0.15, -0.1) is 0 Å². The summed E-state index contributed by atoms with van der Waals surface area (Å²) in [6.07, 6.45) is 5.36. The van der Waals surface area contributed by atoms with Gasteiger partial charge in [0, 0.05) is 9.79 Å². The second-order valence-corrected chi connectivity index (χ2v) is 12.4. The number of rotatable bonds is 4. The second kappa shape index (κ2) is 8.50. The molecule has 1 heterocycles. The van der Waals surface area contributed by atoms with Gasteiger partial charge >= 0.3 is 0 Å². The Morgan fingerprint density at radius 1 is 0.973 bits per heavy atom. The van der Waals surface area contributed by atoms with E-state index in [0.29, 0.717) is 13.0 Å². The van der Waals surface area contributed by atoms with Crippen LogP contribution >= 0.6 is 11.8 Å². The van der Waals surface area contributed by atoms with E-state index in [-0.39, 0.29) is 5.82 Å². The van der Waals surface area contributed by atoms with Gasteiger partial charge in [-0.2, -0.15) is 5.26 Å². The van der Waals surface area contributed by atoms with Crippen LogP contribution in [0.15, 0.2) is 94.2 Å². The monoisotopic (exact) mass is 503 g/mol. The molecule has 3 aliphatic rings. The third-order valence-electron chi connectivity index (χ3n) is 8.56. The summed E-state index contributed by atoms with van der Waals surface area (Å²) in [6, 6.07) is 26.0. The molecule has 6 rings (SSSR count). The van der Waals surface area contributed by atoms with Crippen LogP contribution in [-0.4, -0.2) is 23.8 Å². The molecule has 1 atom stereocenters. The Kier molecular flexibility index (Phi) is 5.58. The predicted molar refractivity (Wildman–Crippen MR) is 151 cm³/mol. The molecule has 1 spiro atoms. The molecule has 1 N–H and O–H groups in total. The fourth-order valence-corrected chi connectivity index (χ4v) is 7.11. The molecule has 0 saturated carbocycles. The Labute approximate surface area is 224 Å². The van der Waals surface area contributed by atoms with Gasteiger partial charge in [-0.05, 0) is 97.6 Å². The Morgan fingerprint density at radius 3 is 2.24 bits per heavy atom. The van der Waals surface area contributed by atoms with Crippen LogP contribution in [0.1, 0.15) is 61.9 Å². The van der Waals surface area contributed by atoms with Crippen LogP contribution in [0.4, 0.5) is 0 Å². The summed E-state index contributed by atoms with van der Waals surface area (Å²) < 4.78 is 6.34. The molecule has 0 saturated heterocycles. The number of aliphatic hydroxyl groups is 1. The van der Waals surface area contributed by atoms with Crippen molar-refractivity contribution in [3.8, 4) is 6.07 Å². The Hall–Kier alpha value is -3.04. The van der Waals surface area contributed by atoms with Gasteiger partial charge in [-0.25, -0.2) is 0 Å². The van der Waals surface area contributed by atoms with Gasteiger partial charge in [0.2, 0.25) is 0 Å². The van der Waals surface area contributed by atoms with Crippen LogP contribution in [0.5, 0.6) is 0 Å². The van der Waals surface area contributed by atoms with Crippen molar-refractivity contribution in [2.24, 2.45) is 0 Å². The molecule has 0 radical (unpaired) electrons. The van der Waals surface area contributed by atoms with Crippen LogP contribution in [0.2, 0.25) is 5.82 Å². The van der Waals surface area contributed by atoms with Gasteiger partial charge in [-0.3, -0.25) is 0 Å². The Balaban J connectivity index is 1.54. The average molecular weight is 503 g/mol. The van der Waals surface area contributed by atoms with E-state index in [9.17, 15) is 10.4 Å². The summed E-state index contributed by atoms with van der Waals surface area (Å²) in [4.78, 5) is 2.52. The van der Waals surface area contributed by atoms with Crippen molar-refractivity contribution in [1.29, 1.82) is 5.26 Å². The first-order valence-electron chi connectivity index (χ1n) is 12.9. The van der Waals surface area contributed by atoms with Crippen molar-refractivity contribution in [2.75, 3.05) is 0 Å². The molecule has 3 nitrogen and oxygen atoms in total. The van der Waals surface area contributed by atoms with E-state index in [4.69, 9.17) is 4.65 Å². The number of nitrogens with zero attached hydrogens (tertiary/aromatic N) is 1. The SMILES string of the molecule is CC(C)(O)C(C)(C)OBC1C=CC2=C(C1)C1(c3ccccc3Sc3ccccc31)c1cc(C#N)ccc12. The van der Waals surface area contributed by atoms with Crippen molar-refractivity contribution in [1.82, 2.24) is 0 Å². The molecule has 3 aromatic carbocycles. The highest BCUT2D eigenvalue weighted by atomic mass is 32.2. The molecule has 184 valence electrons. The lowest BCUT2D eigenvalue weighted by Crippen LogP contribution is -2.48. The number of hydrogen-bond acceptors (Lipinski definition) is 4. The van der Waals surface area contributed by atoms with Crippen LogP contribution in [0.25, 0.3) is 5.57 Å². The summed E-state index contributed by atoms with van der Waals surface area (Å²) >= 11 is 1.83. The fraction of sp³-hybridized carbons (Fsp3) is 0.281. The average Bonchev–Trinajstić information content (AvgIpc) is 3.16. The van der Waals surface area contributed by atoms with Crippen molar-refractivity contribution in [3.05, 3.63) is 112 Å². The van der Waals surface area contributed by atoms with Crippen molar-refractivity contribution >= 4 is 24.8 Å². The molecule has 0 bridgehead atoms. The van der Waals surface area contributed by atoms with Gasteiger partial charge in [-0.1, -0.05) is 66.4 Å². The van der Waals surface area contributed by atoms with Crippen molar-refractivity contribution in [3.63, 3.8) is 0 Å². The minimum absolute atomic E-state index is 0.177. The summed E-state index contributed by atoms with van der Waals surface area (Å²) in [7, 11) is 0.526. The summed E-state index contributed by atoms with van der Waals surface area (Å²) in [5.41, 5.74) is 6.20. The first-order chi connectivity index (χ1) is 17.7. The molecule has 37 heavy (non-hydrogen) atoms. The lowest BCUT2D eigenvalue weighted by Gasteiger charge is -2.42. The minimum Gasteiger partial charge on any atom is -0.431 e. The molecule has 3 aromatic rings. The van der Waals surface area contributed by atoms with E-state index >= 15 is 0 Å². The number of nitriles is 1. The molecule has 0 fully saturated rings. The van der Waals surface area contributed by atoms with E-state index in [1.54, 1.807) is 13.8 Å². The molecule has 0 amide bonds. The van der Waals surface area contributed by atoms with Gasteiger partial charge in [0.05, 0.1) is 28.2 Å². The summed E-state index contributed by atoms with van der Waals surface area (Å²) in [5.74, 6) is 0.177. The number of allylic oxidation sites excluding steroid dienone is 4. The quantitative estimate of drug-likeness (QED) is 0.399. The zero-order valence-corrected chi connectivity index (χ0v) is 22.5. The third-order valence-corrected chi connectivity index (χ3v) is 9.71. The summed E-state index contributed by atoms with van der Waals surface area (Å²) in [5, 5.41) is 20.5. The number of hydrogen-bond donors (Lipinski definition) is 1. The van der Waals surface area contributed by atoms with Crippen LogP contribution in [0.3, 0.4) is 0 Å². The van der Waals surface area contributed by atoms with Crippen molar-refractivity contribution in [2.45, 2.75) is 66.3 Å². The van der Waals surface area contributed by atoms with E-state index in [1.807, 2.05) is 31.7 Å². The lowest BCUT2D eigenvalue weighted by atomic mass is 9.61. The smallest absolute Gasteiger partial charge is 0.283 e. The summed E-state index contributed by atoms with van der Waals surface area (Å²) in [6.45, 7) is 7.50. The zero-order valence-electron chi connectivity index (χ0n) is 21.7. The maximum atomic E-state index is 10.6. The van der Waals surface area contributed by atoms with E-state index in [0.717, 1.165) is 6.42 Å². The third kappa shape index (κ3) is 3.58. The first kappa shape index (κ1) is 24.3. The highest BCUT2D eigenvalue weighted by molar-refractivity contribution is 7.99. The first-order valence-corrected chi connectivity index (χ1v) is 13.7. The Morgan fingerprint density at radius 2 is 1.62 bits per heavy atom. The molecule has 1 unspecified atom stereocenters. The molecular weight excluding hydrogens is 473 g/mol. The molecule has 1 aliphatic heterocycles. The largest absolute Gasteiger partial charge is 0.431 e. The molecule has 5 heteroatoms. The van der Waals surface area contributed by atoms with Crippen molar-refractivity contribution < 1.29 is 9.76 Å². The highest BCUT2D eigenvalue weighted by Gasteiger charge is 2.52. The van der Waals surface area contributed by atoms with E-state index in [2.05, 4.69) is 78.9 Å². The molecule has 2 aliphatic carbocycles. The second-order valence-electron chi connectivity index (χ2n) is 11.3. The van der Waals surface area contributed by atoms with E-state index in [1.165, 1.54) is 43.2 Å². The van der Waals surface area contributed by atoms with E-state index < -0.39 is 16.6 Å². The van der Waals surface area contributed by atoms with Crippen LogP contribution in [-0.2, 0) is 10.1 Å². The Bertz CT molecular complexity index is 1480. The predicted octanol–water partition coefficient (Wildman–Crippen LogP) is 6.79. The fourth-order valence-electron chi connectivity index (χ4n) is 5.92. The lowest BCUT2D eigenvalue weighted by molar-refractivity contribution is -0.0907. The normalized spacial score (nSPS) is 19.1. The number of benzene rings is 3. The zero-order chi connectivity index (χ0) is 26.0. The maximum absolute atomic E-state index is 10.6. The van der Waals surface area contributed by atoms with Gasteiger partial charge in [0.15, 0.2) is 0 Å². The minimum atomic E-state index is -0.952. The topological polar surface area (TPSA) is 53.2 Å². The van der Waals surface area contributed by atoms with Gasteiger partial charge < -0.3 is 9.76 Å². The maximum Gasteiger partial charge on any atom is 0.283 e. The van der Waals surface area contributed by atoms with Crippen LogP contribution in [0, 0.1) is 11.3 Å². The van der Waals surface area contributed by atoms with Gasteiger partial charge in [0.25, 0.3) is 7.48 Å². The molecule has 0 aromatic heterocycles. The number of fused-ring (bicyclic) bond motifs is 8. The van der Waals surface area contributed by atoms with Crippen LogP contribution < -0.4 is 0 Å². The molecular formula is C32H30BNO2S. The standard InChI is InChI=1S/C32H30BNO2S/c1-30(2,35)31(3,4)36-33-21-14-16-23-22-15-13-20(19-34)17-26(22)32(27(23)18-21)24-9-5-7-11-28(24)37-29-12-8-6-10-25(29)32/h5-17,21,33,35H,18H2,1-4H3.